The molecule has 0 aliphatic carbocycles. The first-order valence-electron chi connectivity index (χ1n) is 3.57. The molecule has 1 aliphatic heterocycles. The minimum atomic E-state index is -3.57. The molecule has 2 unspecified atom stereocenters. The molecule has 1 saturated heterocycles. The molecule has 0 radical (unpaired) electrons. The van der Waals surface area contributed by atoms with Crippen molar-refractivity contribution in [1.29, 1.82) is 0 Å². The predicted molar refractivity (Wildman–Crippen MR) is 47.8 cm³/mol. The highest BCUT2D eigenvalue weighted by molar-refractivity contribution is 7.87. The van der Waals surface area contributed by atoms with Gasteiger partial charge in [-0.2, -0.15) is 8.42 Å². The molecule has 0 N–H and O–H groups in total. The summed E-state index contributed by atoms with van der Waals surface area (Å²) < 4.78 is 42.1. The van der Waals surface area contributed by atoms with E-state index in [1.54, 1.807) is 0 Å². The van der Waals surface area contributed by atoms with Crippen LogP contribution in [0.1, 0.15) is 0 Å². The van der Waals surface area contributed by atoms with E-state index in [4.69, 9.17) is 4.18 Å². The van der Waals surface area contributed by atoms with E-state index >= 15 is 0 Å². The van der Waals surface area contributed by atoms with Crippen LogP contribution in [0.3, 0.4) is 0 Å². The summed E-state index contributed by atoms with van der Waals surface area (Å²) in [6.07, 6.45) is 0.619. The van der Waals surface area contributed by atoms with Crippen molar-refractivity contribution in [3.63, 3.8) is 0 Å². The predicted octanol–water partition coefficient (Wildman–Crippen LogP) is -0.419. The summed E-state index contributed by atoms with van der Waals surface area (Å²) in [7, 11) is -3.57. The summed E-state index contributed by atoms with van der Waals surface area (Å²) in [5.74, 6) is -0.132. The monoisotopic (exact) mass is 226 g/mol. The molecule has 0 aromatic carbocycles. The molecule has 0 amide bonds. The highest BCUT2D eigenvalue weighted by Gasteiger charge is 2.27. The molecule has 0 bridgehead atoms. The summed E-state index contributed by atoms with van der Waals surface area (Å²) in [6.45, 7) is 3.34. The largest absolute Gasteiger partial charge is 0.288 e. The SMILES string of the molecule is C=CCS(=O)(=O)OC1COS(=O)C1. The van der Waals surface area contributed by atoms with Crippen molar-refractivity contribution >= 4 is 21.2 Å². The molecule has 5 nitrogen and oxygen atoms in total. The summed E-state index contributed by atoms with van der Waals surface area (Å²) >= 11 is -1.41. The molecule has 0 saturated carbocycles. The summed E-state index contributed by atoms with van der Waals surface area (Å²) in [4.78, 5) is 0. The Hall–Kier alpha value is -0.240. The van der Waals surface area contributed by atoms with Crippen molar-refractivity contribution < 1.29 is 21.0 Å². The van der Waals surface area contributed by atoms with Crippen molar-refractivity contribution in [3.8, 4) is 0 Å². The van der Waals surface area contributed by atoms with Crippen molar-refractivity contribution in [2.75, 3.05) is 18.1 Å². The quantitative estimate of drug-likeness (QED) is 0.481. The van der Waals surface area contributed by atoms with Gasteiger partial charge in [0.25, 0.3) is 10.1 Å². The lowest BCUT2D eigenvalue weighted by Gasteiger charge is -2.06. The average Bonchev–Trinajstić information content (AvgIpc) is 2.34. The fourth-order valence-corrected chi connectivity index (χ4v) is 2.71. The lowest BCUT2D eigenvalue weighted by Crippen LogP contribution is -2.22. The molecule has 1 heterocycles. The highest BCUT2D eigenvalue weighted by atomic mass is 32.2. The van der Waals surface area contributed by atoms with Gasteiger partial charge in [-0.15, -0.1) is 6.58 Å². The zero-order valence-electron chi connectivity index (χ0n) is 6.84. The lowest BCUT2D eigenvalue weighted by atomic mass is 10.5. The van der Waals surface area contributed by atoms with E-state index in [1.165, 1.54) is 6.08 Å². The van der Waals surface area contributed by atoms with Crippen LogP contribution in [0.5, 0.6) is 0 Å². The van der Waals surface area contributed by atoms with E-state index in [-0.39, 0.29) is 18.1 Å². The molecule has 0 aromatic heterocycles. The Morgan fingerprint density at radius 2 is 2.38 bits per heavy atom. The molecule has 0 aromatic rings. The molecule has 0 spiro atoms. The summed E-state index contributed by atoms with van der Waals surface area (Å²) in [5, 5.41) is 0. The van der Waals surface area contributed by atoms with Gasteiger partial charge in [0.1, 0.15) is 6.10 Å². The second kappa shape index (κ2) is 4.32. The van der Waals surface area contributed by atoms with Crippen molar-refractivity contribution in [1.82, 2.24) is 0 Å². The average molecular weight is 226 g/mol. The first-order valence-corrected chi connectivity index (χ1v) is 6.39. The minimum absolute atomic E-state index is 0.0585. The van der Waals surface area contributed by atoms with E-state index in [9.17, 15) is 12.6 Å². The fourth-order valence-electron chi connectivity index (χ4n) is 0.846. The number of hydrogen-bond donors (Lipinski definition) is 0. The van der Waals surface area contributed by atoms with Crippen LogP contribution >= 0.6 is 0 Å². The molecular formula is C6H10O5S2. The van der Waals surface area contributed by atoms with Crippen LogP contribution in [-0.2, 0) is 29.6 Å². The van der Waals surface area contributed by atoms with Gasteiger partial charge in [-0.1, -0.05) is 6.08 Å². The van der Waals surface area contributed by atoms with Gasteiger partial charge in [0, 0.05) is 0 Å². The molecule has 2 atom stereocenters. The third kappa shape index (κ3) is 3.55. The van der Waals surface area contributed by atoms with Gasteiger partial charge in [0.2, 0.25) is 0 Å². The fraction of sp³-hybridized carbons (Fsp3) is 0.667. The first kappa shape index (κ1) is 10.8. The smallest absolute Gasteiger partial charge is 0.271 e. The minimum Gasteiger partial charge on any atom is -0.288 e. The van der Waals surface area contributed by atoms with Gasteiger partial charge < -0.3 is 0 Å². The molecule has 1 rings (SSSR count). The Balaban J connectivity index is 2.49. The Bertz CT molecular complexity index is 307. The van der Waals surface area contributed by atoms with E-state index in [2.05, 4.69) is 10.8 Å². The molecule has 76 valence electrons. The van der Waals surface area contributed by atoms with Gasteiger partial charge in [-0.3, -0.25) is 8.37 Å². The topological polar surface area (TPSA) is 69.7 Å². The Morgan fingerprint density at radius 3 is 2.85 bits per heavy atom. The molecule has 1 aliphatic rings. The normalized spacial score (nSPS) is 28.9. The molecular weight excluding hydrogens is 216 g/mol. The third-order valence-electron chi connectivity index (χ3n) is 1.31. The van der Waals surface area contributed by atoms with Gasteiger partial charge in [-0.25, -0.2) is 4.21 Å². The van der Waals surface area contributed by atoms with E-state index in [0.29, 0.717) is 0 Å². The summed E-state index contributed by atoms with van der Waals surface area (Å²) in [5.41, 5.74) is 0. The number of hydrogen-bond acceptors (Lipinski definition) is 5. The van der Waals surface area contributed by atoms with Crippen molar-refractivity contribution in [2.45, 2.75) is 6.10 Å². The van der Waals surface area contributed by atoms with Gasteiger partial charge in [-0.05, 0) is 0 Å². The van der Waals surface area contributed by atoms with Crippen LogP contribution < -0.4 is 0 Å². The van der Waals surface area contributed by atoms with E-state index < -0.39 is 27.3 Å². The second-order valence-corrected chi connectivity index (χ2v) is 5.30. The maximum absolute atomic E-state index is 11.0. The van der Waals surface area contributed by atoms with Gasteiger partial charge in [0.15, 0.2) is 11.1 Å². The summed E-state index contributed by atoms with van der Waals surface area (Å²) in [6, 6.07) is 0. The van der Waals surface area contributed by atoms with E-state index in [0.717, 1.165) is 0 Å². The maximum Gasteiger partial charge on any atom is 0.271 e. The van der Waals surface area contributed by atoms with Crippen LogP contribution in [0.25, 0.3) is 0 Å². The first-order chi connectivity index (χ1) is 6.03. The second-order valence-electron chi connectivity index (χ2n) is 2.49. The van der Waals surface area contributed by atoms with Crippen LogP contribution in [0.4, 0.5) is 0 Å². The zero-order chi connectivity index (χ0) is 9.90. The van der Waals surface area contributed by atoms with Crippen molar-refractivity contribution in [2.24, 2.45) is 0 Å². The highest BCUT2D eigenvalue weighted by Crippen LogP contribution is 2.10. The zero-order valence-corrected chi connectivity index (χ0v) is 8.47. The van der Waals surface area contributed by atoms with E-state index in [1.807, 2.05) is 0 Å². The Kier molecular flexibility index (Phi) is 3.60. The Morgan fingerprint density at radius 1 is 1.69 bits per heavy atom. The standard InChI is InChI=1S/C6H10O5S2/c1-2-3-13(8,9)11-6-4-10-12(7)5-6/h2,6H,1,3-5H2. The molecule has 1 fully saturated rings. The lowest BCUT2D eigenvalue weighted by molar-refractivity contribution is 0.188. The van der Waals surface area contributed by atoms with Crippen molar-refractivity contribution in [3.05, 3.63) is 12.7 Å². The van der Waals surface area contributed by atoms with Crippen LogP contribution in [0.15, 0.2) is 12.7 Å². The van der Waals surface area contributed by atoms with Crippen LogP contribution in [0.2, 0.25) is 0 Å². The Labute approximate surface area is 79.5 Å². The van der Waals surface area contributed by atoms with Crippen LogP contribution in [-0.4, -0.2) is 36.8 Å². The van der Waals surface area contributed by atoms with Crippen LogP contribution in [0, 0.1) is 0 Å². The molecule has 13 heavy (non-hydrogen) atoms. The van der Waals surface area contributed by atoms with Gasteiger partial charge in [0.05, 0.1) is 18.1 Å². The maximum atomic E-state index is 11.0. The molecule has 7 heteroatoms. The number of rotatable bonds is 4. The third-order valence-corrected chi connectivity index (χ3v) is 3.56. The van der Waals surface area contributed by atoms with Gasteiger partial charge >= 0.3 is 0 Å².